The number of hydrogen-bond donors (Lipinski definition) is 1. The van der Waals surface area contributed by atoms with E-state index in [1.807, 2.05) is 0 Å². The van der Waals surface area contributed by atoms with E-state index in [9.17, 15) is 0 Å². The van der Waals surface area contributed by atoms with Crippen LogP contribution >= 0.6 is 0 Å². The highest BCUT2D eigenvalue weighted by Gasteiger charge is 2.11. The molecule has 7 rings (SSSR count). The molecule has 0 saturated heterocycles. The zero-order chi connectivity index (χ0) is 21.8. The highest BCUT2D eigenvalue weighted by Crippen LogP contribution is 2.39. The first-order valence-electron chi connectivity index (χ1n) is 11.4. The summed E-state index contributed by atoms with van der Waals surface area (Å²) in [5.41, 5.74) is 4.70. The van der Waals surface area contributed by atoms with Gasteiger partial charge in [-0.25, -0.2) is 0 Å². The van der Waals surface area contributed by atoms with E-state index in [2.05, 4.69) is 127 Å². The van der Waals surface area contributed by atoms with Gasteiger partial charge in [0.05, 0.1) is 0 Å². The fourth-order valence-corrected chi connectivity index (χ4v) is 5.15. The Morgan fingerprint density at radius 2 is 1.00 bits per heavy atom. The number of anilines is 2. The van der Waals surface area contributed by atoms with Gasteiger partial charge < -0.3 is 5.32 Å². The molecule has 0 fully saturated rings. The molecule has 33 heavy (non-hydrogen) atoms. The summed E-state index contributed by atoms with van der Waals surface area (Å²) in [5.74, 6) is 0. The van der Waals surface area contributed by atoms with Crippen molar-refractivity contribution < 1.29 is 0 Å². The molecule has 0 aliphatic heterocycles. The van der Waals surface area contributed by atoms with Crippen LogP contribution < -0.4 is 5.32 Å². The van der Waals surface area contributed by atoms with Crippen molar-refractivity contribution in [1.82, 2.24) is 0 Å². The van der Waals surface area contributed by atoms with Crippen LogP contribution in [0.1, 0.15) is 0 Å². The molecule has 0 unspecified atom stereocenters. The van der Waals surface area contributed by atoms with Gasteiger partial charge >= 0.3 is 0 Å². The lowest BCUT2D eigenvalue weighted by molar-refractivity contribution is 1.56. The zero-order valence-electron chi connectivity index (χ0n) is 18.0. The van der Waals surface area contributed by atoms with Gasteiger partial charge in [0.15, 0.2) is 0 Å². The van der Waals surface area contributed by atoms with E-state index in [0.717, 1.165) is 11.4 Å². The van der Waals surface area contributed by atoms with Crippen molar-refractivity contribution in [2.45, 2.75) is 0 Å². The average Bonchev–Trinajstić information content (AvgIpc) is 2.88. The van der Waals surface area contributed by atoms with Gasteiger partial charge in [0.2, 0.25) is 0 Å². The number of hydrogen-bond acceptors (Lipinski definition) is 1. The third-order valence-electron chi connectivity index (χ3n) is 6.76. The fraction of sp³-hybridized carbons (Fsp3) is 0. The molecule has 0 spiro atoms. The number of fused-ring (bicyclic) bond motifs is 1. The summed E-state index contributed by atoms with van der Waals surface area (Å²) >= 11 is 0. The minimum atomic E-state index is 1.09. The monoisotopic (exact) mass is 419 g/mol. The fourth-order valence-electron chi connectivity index (χ4n) is 5.15. The second kappa shape index (κ2) is 7.08. The van der Waals surface area contributed by atoms with E-state index >= 15 is 0 Å². The summed E-state index contributed by atoms with van der Waals surface area (Å²) in [6.45, 7) is 0. The summed E-state index contributed by atoms with van der Waals surface area (Å²) in [6.07, 6.45) is 0. The Balaban J connectivity index is 1.29. The van der Waals surface area contributed by atoms with Crippen molar-refractivity contribution in [3.8, 4) is 11.1 Å². The van der Waals surface area contributed by atoms with Crippen LogP contribution in [0.15, 0.2) is 121 Å². The molecule has 0 heterocycles. The second-order valence-electron chi connectivity index (χ2n) is 8.73. The first kappa shape index (κ1) is 18.2. The van der Waals surface area contributed by atoms with Crippen molar-refractivity contribution in [2.75, 3.05) is 5.32 Å². The molecule has 154 valence electrons. The third kappa shape index (κ3) is 2.94. The Morgan fingerprint density at radius 3 is 1.82 bits per heavy atom. The lowest BCUT2D eigenvalue weighted by Crippen LogP contribution is -1.91. The van der Waals surface area contributed by atoms with Crippen LogP contribution in [0.25, 0.3) is 54.2 Å². The zero-order valence-corrected chi connectivity index (χ0v) is 18.0. The van der Waals surface area contributed by atoms with Crippen LogP contribution in [-0.4, -0.2) is 0 Å². The van der Waals surface area contributed by atoms with Gasteiger partial charge in [0, 0.05) is 11.4 Å². The van der Waals surface area contributed by atoms with Gasteiger partial charge in [-0.15, -0.1) is 0 Å². The van der Waals surface area contributed by atoms with Crippen LogP contribution in [-0.2, 0) is 0 Å². The van der Waals surface area contributed by atoms with E-state index < -0.39 is 0 Å². The summed E-state index contributed by atoms with van der Waals surface area (Å²) in [6, 6.07) is 43.8. The summed E-state index contributed by atoms with van der Waals surface area (Å²) in [5, 5.41) is 14.0. The molecular weight excluding hydrogens is 398 g/mol. The molecule has 7 aromatic carbocycles. The van der Waals surface area contributed by atoms with Crippen molar-refractivity contribution >= 4 is 54.5 Å². The minimum absolute atomic E-state index is 1.09. The predicted octanol–water partition coefficient (Wildman–Crippen LogP) is 9.15. The van der Waals surface area contributed by atoms with Crippen LogP contribution in [0.5, 0.6) is 0 Å². The third-order valence-corrected chi connectivity index (χ3v) is 6.76. The Hall–Kier alpha value is -4.36. The number of nitrogens with one attached hydrogen (secondary N) is 1. The molecule has 0 aromatic heterocycles. The van der Waals surface area contributed by atoms with Crippen molar-refractivity contribution in [2.24, 2.45) is 0 Å². The molecule has 7 aromatic rings. The van der Waals surface area contributed by atoms with Gasteiger partial charge in [-0.2, -0.15) is 0 Å². The maximum absolute atomic E-state index is 3.55. The van der Waals surface area contributed by atoms with Crippen LogP contribution in [0.3, 0.4) is 0 Å². The van der Waals surface area contributed by atoms with Crippen molar-refractivity contribution in [3.05, 3.63) is 121 Å². The lowest BCUT2D eigenvalue weighted by Gasteiger charge is -2.14. The van der Waals surface area contributed by atoms with Crippen molar-refractivity contribution in [1.29, 1.82) is 0 Å². The van der Waals surface area contributed by atoms with E-state index in [4.69, 9.17) is 0 Å². The second-order valence-corrected chi connectivity index (χ2v) is 8.73. The SMILES string of the molecule is c1ccc2cc(Nc3ccc(-c4ccc5ccc6cccc7ccc4c5c67)cc3)ccc2c1. The summed E-state index contributed by atoms with van der Waals surface area (Å²) in [4.78, 5) is 0. The van der Waals surface area contributed by atoms with Crippen LogP contribution in [0, 0.1) is 0 Å². The van der Waals surface area contributed by atoms with Gasteiger partial charge in [-0.05, 0) is 78.5 Å². The number of rotatable bonds is 3. The van der Waals surface area contributed by atoms with E-state index in [0.29, 0.717) is 0 Å². The molecule has 1 heteroatoms. The normalized spacial score (nSPS) is 11.6. The Bertz CT molecular complexity index is 1760. The molecule has 1 N–H and O–H groups in total. The molecule has 0 bridgehead atoms. The first-order valence-corrected chi connectivity index (χ1v) is 11.4. The average molecular weight is 420 g/mol. The predicted molar refractivity (Wildman–Crippen MR) is 143 cm³/mol. The van der Waals surface area contributed by atoms with Crippen LogP contribution in [0.2, 0.25) is 0 Å². The topological polar surface area (TPSA) is 12.0 Å². The van der Waals surface area contributed by atoms with Crippen LogP contribution in [0.4, 0.5) is 11.4 Å². The first-order chi connectivity index (χ1) is 16.3. The van der Waals surface area contributed by atoms with Gasteiger partial charge in [-0.1, -0.05) is 97.1 Å². The molecular formula is C32H21N. The minimum Gasteiger partial charge on any atom is -0.356 e. The largest absolute Gasteiger partial charge is 0.356 e. The van der Waals surface area contributed by atoms with E-state index in [-0.39, 0.29) is 0 Å². The molecule has 0 amide bonds. The molecule has 0 radical (unpaired) electrons. The number of benzene rings is 7. The molecule has 0 aliphatic carbocycles. The maximum atomic E-state index is 3.55. The quantitative estimate of drug-likeness (QED) is 0.282. The smallest absolute Gasteiger partial charge is 0.0390 e. The Labute approximate surface area is 192 Å². The highest BCUT2D eigenvalue weighted by molar-refractivity contribution is 6.25. The molecule has 0 aliphatic rings. The lowest BCUT2D eigenvalue weighted by atomic mass is 9.90. The van der Waals surface area contributed by atoms with E-state index in [1.165, 1.54) is 54.2 Å². The maximum Gasteiger partial charge on any atom is 0.0390 e. The molecule has 1 nitrogen and oxygen atoms in total. The highest BCUT2D eigenvalue weighted by atomic mass is 14.9. The standard InChI is InChI=1S/C32H21N/c1-2-5-26-20-28(17-10-21(26)4-1)33-27-15-11-22(12-16-27)29-18-13-25-9-8-23-6-3-7-24-14-19-30(29)32(25)31(23)24/h1-20,33H. The summed E-state index contributed by atoms with van der Waals surface area (Å²) < 4.78 is 0. The molecule has 0 atom stereocenters. The van der Waals surface area contributed by atoms with Gasteiger partial charge in [-0.3, -0.25) is 0 Å². The Morgan fingerprint density at radius 1 is 0.394 bits per heavy atom. The Kier molecular flexibility index (Phi) is 3.91. The van der Waals surface area contributed by atoms with Gasteiger partial charge in [0.25, 0.3) is 0 Å². The van der Waals surface area contributed by atoms with Crippen molar-refractivity contribution in [3.63, 3.8) is 0 Å². The van der Waals surface area contributed by atoms with Gasteiger partial charge in [0.1, 0.15) is 0 Å². The summed E-state index contributed by atoms with van der Waals surface area (Å²) in [7, 11) is 0. The molecule has 0 saturated carbocycles. The van der Waals surface area contributed by atoms with E-state index in [1.54, 1.807) is 0 Å².